The first kappa shape index (κ1) is 20.1. The zero-order valence-electron chi connectivity index (χ0n) is 19.0. The lowest BCUT2D eigenvalue weighted by Gasteiger charge is -2.10. The van der Waals surface area contributed by atoms with Crippen molar-refractivity contribution in [1.82, 2.24) is 39.7 Å². The zero-order chi connectivity index (χ0) is 23.2. The molecule has 34 heavy (non-hydrogen) atoms. The van der Waals surface area contributed by atoms with E-state index in [9.17, 15) is 0 Å². The predicted molar refractivity (Wildman–Crippen MR) is 133 cm³/mol. The number of hydrogen-bond acceptors (Lipinski definition) is 6. The van der Waals surface area contributed by atoms with Gasteiger partial charge in [0.1, 0.15) is 11.2 Å². The molecule has 3 N–H and O–H groups in total. The van der Waals surface area contributed by atoms with Gasteiger partial charge < -0.3 is 14.9 Å². The van der Waals surface area contributed by atoms with Crippen molar-refractivity contribution < 1.29 is 0 Å². The van der Waals surface area contributed by atoms with Crippen LogP contribution in [0.1, 0.15) is 19.5 Å². The van der Waals surface area contributed by atoms with Crippen LogP contribution in [-0.2, 0) is 0 Å². The summed E-state index contributed by atoms with van der Waals surface area (Å²) in [5.74, 6) is 0.691. The van der Waals surface area contributed by atoms with Crippen molar-refractivity contribution in [1.29, 1.82) is 0 Å². The standard InChI is InChI=1S/C25H23N9/c1-14(2)29-17-7-16(9-26-10-17)20-8-18-21(11-27-20)32-33-23(18)25-30-19-5-4-6-22(24(19)31-25)34-12-15(3)28-13-34/h4-14,29H,1-3H3,(H,30,31)(H,32,33). The number of fused-ring (bicyclic) bond motifs is 2. The number of benzene rings is 1. The summed E-state index contributed by atoms with van der Waals surface area (Å²) < 4.78 is 1.98. The highest BCUT2D eigenvalue weighted by molar-refractivity contribution is 5.95. The third kappa shape index (κ3) is 3.47. The molecule has 5 aromatic heterocycles. The van der Waals surface area contributed by atoms with E-state index in [1.165, 1.54) is 0 Å². The van der Waals surface area contributed by atoms with E-state index in [0.717, 1.165) is 56.0 Å². The molecule has 5 heterocycles. The van der Waals surface area contributed by atoms with Crippen molar-refractivity contribution >= 4 is 27.6 Å². The van der Waals surface area contributed by atoms with Crippen LogP contribution in [-0.4, -0.2) is 45.7 Å². The molecular weight excluding hydrogens is 426 g/mol. The summed E-state index contributed by atoms with van der Waals surface area (Å²) >= 11 is 0. The third-order valence-electron chi connectivity index (χ3n) is 5.64. The van der Waals surface area contributed by atoms with E-state index in [-0.39, 0.29) is 0 Å². The van der Waals surface area contributed by atoms with Crippen LogP contribution in [0.4, 0.5) is 5.69 Å². The lowest BCUT2D eigenvalue weighted by molar-refractivity contribution is 0.898. The van der Waals surface area contributed by atoms with Gasteiger partial charge in [-0.1, -0.05) is 6.07 Å². The highest BCUT2D eigenvalue weighted by Gasteiger charge is 2.16. The molecule has 0 atom stereocenters. The number of pyridine rings is 2. The fraction of sp³-hybridized carbons (Fsp3) is 0.160. The van der Waals surface area contributed by atoms with Crippen LogP contribution >= 0.6 is 0 Å². The zero-order valence-corrected chi connectivity index (χ0v) is 19.0. The normalized spacial score (nSPS) is 11.6. The van der Waals surface area contributed by atoms with Gasteiger partial charge in [-0.15, -0.1) is 0 Å². The average molecular weight is 450 g/mol. The Morgan fingerprint density at radius 3 is 2.76 bits per heavy atom. The molecular formula is C25H23N9. The molecule has 1 aromatic carbocycles. The molecule has 0 fully saturated rings. The molecule has 6 aromatic rings. The summed E-state index contributed by atoms with van der Waals surface area (Å²) in [6.45, 7) is 6.17. The van der Waals surface area contributed by atoms with Gasteiger partial charge in [0, 0.05) is 35.6 Å². The van der Waals surface area contributed by atoms with E-state index in [1.807, 2.05) is 54.3 Å². The minimum atomic E-state index is 0.317. The fourth-order valence-electron chi connectivity index (χ4n) is 4.14. The minimum Gasteiger partial charge on any atom is -0.382 e. The van der Waals surface area contributed by atoms with Crippen LogP contribution < -0.4 is 5.32 Å². The largest absolute Gasteiger partial charge is 0.382 e. The number of H-pyrrole nitrogens is 2. The average Bonchev–Trinajstić information content (AvgIpc) is 3.55. The molecule has 0 amide bonds. The Morgan fingerprint density at radius 1 is 1.03 bits per heavy atom. The molecule has 9 heteroatoms. The third-order valence-corrected chi connectivity index (χ3v) is 5.64. The summed E-state index contributed by atoms with van der Waals surface area (Å²) in [5.41, 5.74) is 8.00. The number of rotatable bonds is 5. The van der Waals surface area contributed by atoms with E-state index in [0.29, 0.717) is 11.9 Å². The quantitative estimate of drug-likeness (QED) is 0.346. The fourth-order valence-corrected chi connectivity index (χ4v) is 4.14. The Bertz CT molecular complexity index is 1640. The molecule has 0 bridgehead atoms. The van der Waals surface area contributed by atoms with Gasteiger partial charge in [0.2, 0.25) is 0 Å². The summed E-state index contributed by atoms with van der Waals surface area (Å²) in [7, 11) is 0. The van der Waals surface area contributed by atoms with E-state index in [4.69, 9.17) is 4.98 Å². The maximum Gasteiger partial charge on any atom is 0.159 e. The Hall–Kier alpha value is -4.53. The summed E-state index contributed by atoms with van der Waals surface area (Å²) in [6, 6.07) is 10.4. The molecule has 168 valence electrons. The SMILES string of the molecule is Cc1cn(-c2cccc3[nH]c(-c4n[nH]c5cnc(-c6cncc(NC(C)C)c6)cc45)nc23)cn1. The molecule has 0 unspecified atom stereocenters. The first-order valence-corrected chi connectivity index (χ1v) is 11.1. The van der Waals surface area contributed by atoms with Gasteiger partial charge in [-0.2, -0.15) is 5.10 Å². The van der Waals surface area contributed by atoms with Crippen LogP contribution in [0.3, 0.4) is 0 Å². The van der Waals surface area contributed by atoms with Crippen LogP contribution in [0.15, 0.2) is 61.4 Å². The molecule has 0 saturated heterocycles. The van der Waals surface area contributed by atoms with Gasteiger partial charge in [-0.05, 0) is 45.0 Å². The van der Waals surface area contributed by atoms with Crippen molar-refractivity contribution in [3.8, 4) is 28.5 Å². The topological polar surface area (TPSA) is 113 Å². The predicted octanol–water partition coefficient (Wildman–Crippen LogP) is 4.88. The number of nitrogens with zero attached hydrogens (tertiary/aromatic N) is 6. The Kier molecular flexibility index (Phi) is 4.61. The van der Waals surface area contributed by atoms with Gasteiger partial charge in [0.05, 0.1) is 46.3 Å². The van der Waals surface area contributed by atoms with Gasteiger partial charge in [-0.25, -0.2) is 9.97 Å². The highest BCUT2D eigenvalue weighted by Crippen LogP contribution is 2.31. The first-order valence-electron chi connectivity index (χ1n) is 11.1. The first-order chi connectivity index (χ1) is 16.5. The van der Waals surface area contributed by atoms with Crippen molar-refractivity contribution in [3.63, 3.8) is 0 Å². The molecule has 0 spiro atoms. The second-order valence-electron chi connectivity index (χ2n) is 8.63. The van der Waals surface area contributed by atoms with Crippen molar-refractivity contribution in [2.45, 2.75) is 26.8 Å². The van der Waals surface area contributed by atoms with Crippen molar-refractivity contribution in [2.75, 3.05) is 5.32 Å². The number of anilines is 1. The number of aromatic nitrogens is 8. The highest BCUT2D eigenvalue weighted by atomic mass is 15.1. The Labute approximate surface area is 195 Å². The van der Waals surface area contributed by atoms with E-state index in [1.54, 1.807) is 12.5 Å². The second-order valence-corrected chi connectivity index (χ2v) is 8.63. The van der Waals surface area contributed by atoms with Crippen LogP contribution in [0, 0.1) is 6.92 Å². The number of aryl methyl sites for hydroxylation is 1. The molecule has 0 aliphatic carbocycles. The van der Waals surface area contributed by atoms with E-state index >= 15 is 0 Å². The van der Waals surface area contributed by atoms with Crippen LogP contribution in [0.5, 0.6) is 0 Å². The summed E-state index contributed by atoms with van der Waals surface area (Å²) in [6.07, 6.45) is 9.23. The molecule has 0 aliphatic rings. The van der Waals surface area contributed by atoms with Gasteiger partial charge in [0.15, 0.2) is 5.82 Å². The van der Waals surface area contributed by atoms with Crippen molar-refractivity contribution in [2.24, 2.45) is 0 Å². The van der Waals surface area contributed by atoms with Gasteiger partial charge in [-0.3, -0.25) is 15.1 Å². The summed E-state index contributed by atoms with van der Waals surface area (Å²) in [5, 5.41) is 12.0. The second kappa shape index (κ2) is 7.80. The van der Waals surface area contributed by atoms with Gasteiger partial charge >= 0.3 is 0 Å². The van der Waals surface area contributed by atoms with Crippen molar-refractivity contribution in [3.05, 3.63) is 67.1 Å². The number of nitrogens with one attached hydrogen (secondary N) is 3. The number of hydrogen-bond donors (Lipinski definition) is 3. The lowest BCUT2D eigenvalue weighted by Crippen LogP contribution is -2.09. The van der Waals surface area contributed by atoms with E-state index in [2.05, 4.69) is 55.4 Å². The smallest absolute Gasteiger partial charge is 0.159 e. The minimum absolute atomic E-state index is 0.317. The Morgan fingerprint density at radius 2 is 1.94 bits per heavy atom. The van der Waals surface area contributed by atoms with Crippen LogP contribution in [0.2, 0.25) is 0 Å². The van der Waals surface area contributed by atoms with E-state index < -0.39 is 0 Å². The van der Waals surface area contributed by atoms with Crippen LogP contribution in [0.25, 0.3) is 50.4 Å². The lowest BCUT2D eigenvalue weighted by atomic mass is 10.1. The maximum absolute atomic E-state index is 4.91. The molecule has 0 saturated carbocycles. The Balaban J connectivity index is 1.45. The maximum atomic E-state index is 4.91. The molecule has 0 aliphatic heterocycles. The number of aromatic amines is 2. The van der Waals surface area contributed by atoms with Gasteiger partial charge in [0.25, 0.3) is 0 Å². The molecule has 6 rings (SSSR count). The number of imidazole rings is 2. The number of para-hydroxylation sites is 1. The monoisotopic (exact) mass is 449 g/mol. The molecule has 0 radical (unpaired) electrons. The summed E-state index contributed by atoms with van der Waals surface area (Å²) in [4.78, 5) is 21.7. The molecule has 9 nitrogen and oxygen atoms in total.